The Balaban J connectivity index is 1.53. The molecule has 116 valence electrons. The maximum absolute atomic E-state index is 6.65. The lowest BCUT2D eigenvalue weighted by Gasteiger charge is -2.37. The lowest BCUT2D eigenvalue weighted by molar-refractivity contribution is 0.213. The van der Waals surface area contributed by atoms with E-state index in [1.807, 2.05) is 0 Å². The van der Waals surface area contributed by atoms with Gasteiger partial charge in [0.2, 0.25) is 0 Å². The molecule has 2 heteroatoms. The molecule has 2 N–H and O–H groups in total. The van der Waals surface area contributed by atoms with Gasteiger partial charge in [-0.1, -0.05) is 31.9 Å². The molecule has 0 amide bonds. The predicted molar refractivity (Wildman–Crippen MR) is 87.7 cm³/mol. The lowest BCUT2D eigenvalue weighted by Crippen LogP contribution is -2.43. The van der Waals surface area contributed by atoms with Crippen LogP contribution in [-0.2, 0) is 12.8 Å². The second kappa shape index (κ2) is 6.39. The highest BCUT2D eigenvalue weighted by molar-refractivity contribution is 5.39. The van der Waals surface area contributed by atoms with Crippen LogP contribution in [-0.4, -0.2) is 12.1 Å². The minimum absolute atomic E-state index is 0.0831. The molecule has 1 heterocycles. The third-order valence-corrected chi connectivity index (χ3v) is 5.46. The van der Waals surface area contributed by atoms with Gasteiger partial charge < -0.3 is 10.5 Å². The summed E-state index contributed by atoms with van der Waals surface area (Å²) in [7, 11) is 0. The van der Waals surface area contributed by atoms with Crippen molar-refractivity contribution in [2.45, 2.75) is 70.3 Å². The van der Waals surface area contributed by atoms with Crippen molar-refractivity contribution >= 4 is 0 Å². The number of hydrogen-bond acceptors (Lipinski definition) is 2. The number of rotatable bonds is 5. The minimum Gasteiger partial charge on any atom is -0.493 e. The smallest absolute Gasteiger partial charge is 0.122 e. The Kier molecular flexibility index (Phi) is 4.54. The van der Waals surface area contributed by atoms with Crippen LogP contribution >= 0.6 is 0 Å². The van der Waals surface area contributed by atoms with Crippen LogP contribution in [0.25, 0.3) is 0 Å². The second-order valence-corrected chi connectivity index (χ2v) is 7.13. The van der Waals surface area contributed by atoms with E-state index >= 15 is 0 Å². The molecule has 0 unspecified atom stereocenters. The quantitative estimate of drug-likeness (QED) is 0.879. The van der Waals surface area contributed by atoms with Gasteiger partial charge >= 0.3 is 0 Å². The van der Waals surface area contributed by atoms with E-state index in [4.69, 9.17) is 10.5 Å². The Bertz CT molecular complexity index is 474. The summed E-state index contributed by atoms with van der Waals surface area (Å²) in [6, 6.07) is 6.68. The number of ether oxygens (including phenoxy) is 1. The molecule has 1 fully saturated rings. The summed E-state index contributed by atoms with van der Waals surface area (Å²) in [5.74, 6) is 2.02. The zero-order chi connectivity index (χ0) is 14.7. The summed E-state index contributed by atoms with van der Waals surface area (Å²) in [4.78, 5) is 0. The van der Waals surface area contributed by atoms with Crippen molar-refractivity contribution in [2.75, 3.05) is 6.61 Å². The van der Waals surface area contributed by atoms with E-state index in [0.717, 1.165) is 37.5 Å². The molecule has 0 atom stereocenters. The number of benzene rings is 1. The van der Waals surface area contributed by atoms with Crippen molar-refractivity contribution in [3.63, 3.8) is 0 Å². The van der Waals surface area contributed by atoms with Gasteiger partial charge in [-0.2, -0.15) is 0 Å². The molecular formula is C19H29NO. The van der Waals surface area contributed by atoms with Crippen LogP contribution < -0.4 is 10.5 Å². The zero-order valence-corrected chi connectivity index (χ0v) is 13.4. The molecule has 0 saturated heterocycles. The van der Waals surface area contributed by atoms with Crippen molar-refractivity contribution in [1.29, 1.82) is 0 Å². The van der Waals surface area contributed by atoms with Gasteiger partial charge in [0.25, 0.3) is 0 Å². The van der Waals surface area contributed by atoms with Crippen LogP contribution in [0.3, 0.4) is 0 Å². The average Bonchev–Trinajstić information content (AvgIpc) is 2.96. The first-order valence-corrected chi connectivity index (χ1v) is 8.72. The fourth-order valence-electron chi connectivity index (χ4n) is 3.99. The summed E-state index contributed by atoms with van der Waals surface area (Å²) >= 11 is 0. The van der Waals surface area contributed by atoms with Crippen LogP contribution in [0, 0.1) is 5.92 Å². The van der Waals surface area contributed by atoms with E-state index in [1.165, 1.54) is 49.7 Å². The first-order chi connectivity index (χ1) is 10.2. The van der Waals surface area contributed by atoms with E-state index in [2.05, 4.69) is 25.1 Å². The van der Waals surface area contributed by atoms with E-state index in [9.17, 15) is 0 Å². The van der Waals surface area contributed by atoms with E-state index < -0.39 is 0 Å². The second-order valence-electron chi connectivity index (χ2n) is 7.13. The highest BCUT2D eigenvalue weighted by Gasteiger charge is 2.30. The summed E-state index contributed by atoms with van der Waals surface area (Å²) < 4.78 is 5.58. The summed E-state index contributed by atoms with van der Waals surface area (Å²) in [5, 5.41) is 0. The summed E-state index contributed by atoms with van der Waals surface area (Å²) in [5.41, 5.74) is 9.55. The molecule has 2 nitrogen and oxygen atoms in total. The van der Waals surface area contributed by atoms with Gasteiger partial charge in [-0.15, -0.1) is 0 Å². The predicted octanol–water partition coefficient (Wildman–Crippen LogP) is 4.24. The highest BCUT2D eigenvalue weighted by Crippen LogP contribution is 2.36. The van der Waals surface area contributed by atoms with E-state index in [-0.39, 0.29) is 5.54 Å². The standard InChI is InChI=1S/C19H29NO/c1-2-3-15-6-10-19(20,11-7-15)12-8-16-4-5-18-17(14-16)9-13-21-18/h4-5,14-15H,2-3,6-13,20H2,1H3. The molecule has 0 radical (unpaired) electrons. The van der Waals surface area contributed by atoms with Crippen LogP contribution in [0.5, 0.6) is 5.75 Å². The van der Waals surface area contributed by atoms with Crippen LogP contribution in [0.2, 0.25) is 0 Å². The van der Waals surface area contributed by atoms with Gasteiger partial charge in [0, 0.05) is 12.0 Å². The van der Waals surface area contributed by atoms with Gasteiger partial charge in [-0.25, -0.2) is 0 Å². The van der Waals surface area contributed by atoms with Crippen LogP contribution in [0.4, 0.5) is 0 Å². The van der Waals surface area contributed by atoms with Gasteiger partial charge in [0.15, 0.2) is 0 Å². The third kappa shape index (κ3) is 3.60. The lowest BCUT2D eigenvalue weighted by atomic mass is 9.73. The Morgan fingerprint density at radius 2 is 2.10 bits per heavy atom. The maximum Gasteiger partial charge on any atom is 0.122 e. The molecule has 2 aliphatic rings. The monoisotopic (exact) mass is 287 g/mol. The molecule has 21 heavy (non-hydrogen) atoms. The van der Waals surface area contributed by atoms with Crippen molar-refractivity contribution < 1.29 is 4.74 Å². The number of nitrogens with two attached hydrogens (primary N) is 1. The SMILES string of the molecule is CCCC1CCC(N)(CCc2ccc3c(c2)CCO3)CC1. The molecule has 3 rings (SSSR count). The van der Waals surface area contributed by atoms with E-state index in [1.54, 1.807) is 0 Å². The van der Waals surface area contributed by atoms with Crippen LogP contribution in [0.1, 0.15) is 63.0 Å². The average molecular weight is 287 g/mol. The summed E-state index contributed by atoms with van der Waals surface area (Å²) in [6.45, 7) is 3.14. The van der Waals surface area contributed by atoms with Crippen molar-refractivity contribution in [2.24, 2.45) is 11.7 Å². The molecule has 1 aromatic carbocycles. The minimum atomic E-state index is 0.0831. The summed E-state index contributed by atoms with van der Waals surface area (Å²) in [6.07, 6.45) is 11.1. The Labute approximate surface area is 129 Å². The van der Waals surface area contributed by atoms with E-state index in [0.29, 0.717) is 0 Å². The number of fused-ring (bicyclic) bond motifs is 1. The number of aryl methyl sites for hydroxylation is 1. The molecule has 0 spiro atoms. The molecule has 1 aliphatic carbocycles. The van der Waals surface area contributed by atoms with Crippen molar-refractivity contribution in [3.05, 3.63) is 29.3 Å². The fraction of sp³-hybridized carbons (Fsp3) is 0.684. The topological polar surface area (TPSA) is 35.2 Å². The molecule has 0 aromatic heterocycles. The Hall–Kier alpha value is -1.02. The highest BCUT2D eigenvalue weighted by atomic mass is 16.5. The molecule has 1 saturated carbocycles. The Morgan fingerprint density at radius 3 is 2.86 bits per heavy atom. The first-order valence-electron chi connectivity index (χ1n) is 8.72. The van der Waals surface area contributed by atoms with Crippen molar-refractivity contribution in [1.82, 2.24) is 0 Å². The molecular weight excluding hydrogens is 258 g/mol. The van der Waals surface area contributed by atoms with Gasteiger partial charge in [0.05, 0.1) is 6.61 Å². The van der Waals surface area contributed by atoms with Gasteiger partial charge in [-0.3, -0.25) is 0 Å². The number of hydrogen-bond donors (Lipinski definition) is 1. The van der Waals surface area contributed by atoms with Crippen LogP contribution in [0.15, 0.2) is 18.2 Å². The van der Waals surface area contributed by atoms with Crippen molar-refractivity contribution in [3.8, 4) is 5.75 Å². The molecule has 0 bridgehead atoms. The molecule has 1 aromatic rings. The Morgan fingerprint density at radius 1 is 1.29 bits per heavy atom. The largest absolute Gasteiger partial charge is 0.493 e. The maximum atomic E-state index is 6.65. The first kappa shape index (κ1) is 14.9. The normalized spacial score (nSPS) is 28.2. The van der Waals surface area contributed by atoms with Gasteiger partial charge in [-0.05, 0) is 61.6 Å². The zero-order valence-electron chi connectivity index (χ0n) is 13.4. The van der Waals surface area contributed by atoms with Gasteiger partial charge in [0.1, 0.15) is 5.75 Å². The molecule has 1 aliphatic heterocycles. The third-order valence-electron chi connectivity index (χ3n) is 5.46. The fourth-order valence-corrected chi connectivity index (χ4v) is 3.99.